The van der Waals surface area contributed by atoms with E-state index in [1.54, 1.807) is 12.4 Å². The maximum Gasteiger partial charge on any atom is 0.115 e. The van der Waals surface area contributed by atoms with Crippen molar-refractivity contribution in [1.29, 1.82) is 0 Å². The van der Waals surface area contributed by atoms with Gasteiger partial charge in [0.05, 0.1) is 6.10 Å². The van der Waals surface area contributed by atoms with E-state index in [0.29, 0.717) is 13.0 Å². The number of aliphatic hydroxyl groups is 1. The topological polar surface area (TPSA) is 72.0 Å². The summed E-state index contributed by atoms with van der Waals surface area (Å²) in [5.41, 5.74) is 6.07. The second-order valence-corrected chi connectivity index (χ2v) is 2.62. The summed E-state index contributed by atoms with van der Waals surface area (Å²) in [5, 5.41) is 9.52. The molecule has 0 fully saturated rings. The molecule has 1 unspecified atom stereocenters. The maximum atomic E-state index is 9.52. The number of hydrogen-bond donors (Lipinski definition) is 2. The number of nitrogens with zero attached hydrogens (tertiary/aromatic N) is 2. The largest absolute Gasteiger partial charge is 0.388 e. The van der Waals surface area contributed by atoms with E-state index < -0.39 is 6.10 Å². The minimum atomic E-state index is -0.477. The highest BCUT2D eigenvalue weighted by molar-refractivity contribution is 5.05. The lowest BCUT2D eigenvalue weighted by molar-refractivity contribution is 0.164. The quantitative estimate of drug-likeness (QED) is 0.674. The third-order valence-corrected chi connectivity index (χ3v) is 1.65. The summed E-state index contributed by atoms with van der Waals surface area (Å²) in [4.78, 5) is 7.62. The first-order chi connectivity index (χ1) is 5.84. The first kappa shape index (κ1) is 9.09. The molecule has 1 aromatic heterocycles. The molecule has 3 N–H and O–H groups in total. The van der Waals surface area contributed by atoms with Gasteiger partial charge >= 0.3 is 0 Å². The Kier molecular flexibility index (Phi) is 3.63. The van der Waals surface area contributed by atoms with Crippen LogP contribution >= 0.6 is 0 Å². The van der Waals surface area contributed by atoms with Gasteiger partial charge < -0.3 is 10.8 Å². The second kappa shape index (κ2) is 4.79. The van der Waals surface area contributed by atoms with Gasteiger partial charge in [-0.1, -0.05) is 0 Å². The number of rotatable bonds is 4. The van der Waals surface area contributed by atoms with Crippen LogP contribution in [0.1, 0.15) is 24.5 Å². The van der Waals surface area contributed by atoms with Crippen molar-refractivity contribution in [3.63, 3.8) is 0 Å². The van der Waals surface area contributed by atoms with Gasteiger partial charge in [-0.15, -0.1) is 0 Å². The van der Waals surface area contributed by atoms with Crippen molar-refractivity contribution in [3.8, 4) is 0 Å². The van der Waals surface area contributed by atoms with Gasteiger partial charge in [-0.25, -0.2) is 9.97 Å². The van der Waals surface area contributed by atoms with Gasteiger partial charge in [0, 0.05) is 18.0 Å². The highest BCUT2D eigenvalue weighted by atomic mass is 16.3. The van der Waals surface area contributed by atoms with Gasteiger partial charge in [-0.2, -0.15) is 0 Å². The number of aromatic nitrogens is 2. The predicted octanol–water partition coefficient (Wildman–Crippen LogP) is 0.249. The summed E-state index contributed by atoms with van der Waals surface area (Å²) in [5.74, 6) is 0. The Hall–Kier alpha value is -1.00. The highest BCUT2D eigenvalue weighted by Crippen LogP contribution is 2.14. The van der Waals surface area contributed by atoms with Gasteiger partial charge in [0.1, 0.15) is 6.33 Å². The van der Waals surface area contributed by atoms with E-state index in [1.165, 1.54) is 6.33 Å². The maximum absolute atomic E-state index is 9.52. The fraction of sp³-hybridized carbons (Fsp3) is 0.500. The third-order valence-electron chi connectivity index (χ3n) is 1.65. The minimum Gasteiger partial charge on any atom is -0.388 e. The van der Waals surface area contributed by atoms with Gasteiger partial charge in [-0.3, -0.25) is 0 Å². The van der Waals surface area contributed by atoms with E-state index in [1.807, 2.05) is 0 Å². The molecule has 0 amide bonds. The van der Waals surface area contributed by atoms with E-state index in [-0.39, 0.29) is 0 Å². The first-order valence-electron chi connectivity index (χ1n) is 3.97. The Morgan fingerprint density at radius 3 is 2.67 bits per heavy atom. The molecule has 0 saturated carbocycles. The Morgan fingerprint density at radius 2 is 2.08 bits per heavy atom. The van der Waals surface area contributed by atoms with Crippen LogP contribution < -0.4 is 5.73 Å². The molecular formula is C8H13N3O. The van der Waals surface area contributed by atoms with Crippen LogP contribution in [0.3, 0.4) is 0 Å². The van der Waals surface area contributed by atoms with Crippen LogP contribution in [0, 0.1) is 0 Å². The van der Waals surface area contributed by atoms with Crippen molar-refractivity contribution < 1.29 is 5.11 Å². The zero-order valence-electron chi connectivity index (χ0n) is 6.85. The van der Waals surface area contributed by atoms with Crippen LogP contribution in [0.25, 0.3) is 0 Å². The molecule has 4 nitrogen and oxygen atoms in total. The standard InChI is InChI=1S/C8H13N3O/c9-3-1-2-8(12)7-4-10-6-11-5-7/h4-6,8,12H,1-3,9H2. The summed E-state index contributed by atoms with van der Waals surface area (Å²) >= 11 is 0. The van der Waals surface area contributed by atoms with Crippen molar-refractivity contribution in [1.82, 2.24) is 9.97 Å². The van der Waals surface area contributed by atoms with Gasteiger partial charge in [-0.05, 0) is 19.4 Å². The molecule has 0 aromatic carbocycles. The molecule has 0 radical (unpaired) electrons. The monoisotopic (exact) mass is 167 g/mol. The number of nitrogens with two attached hydrogens (primary N) is 1. The Balaban J connectivity index is 2.48. The molecule has 4 heteroatoms. The molecule has 0 aliphatic rings. The fourth-order valence-electron chi connectivity index (χ4n) is 0.961. The van der Waals surface area contributed by atoms with Crippen LogP contribution in [-0.4, -0.2) is 21.6 Å². The lowest BCUT2D eigenvalue weighted by atomic mass is 10.1. The van der Waals surface area contributed by atoms with Crippen LogP contribution in [0.5, 0.6) is 0 Å². The number of aliphatic hydroxyl groups excluding tert-OH is 1. The molecule has 66 valence electrons. The van der Waals surface area contributed by atoms with Crippen molar-refractivity contribution in [2.45, 2.75) is 18.9 Å². The normalized spacial score (nSPS) is 12.8. The van der Waals surface area contributed by atoms with Gasteiger partial charge in [0.2, 0.25) is 0 Å². The summed E-state index contributed by atoms with van der Waals surface area (Å²) in [6.45, 7) is 0.602. The van der Waals surface area contributed by atoms with E-state index in [4.69, 9.17) is 5.73 Å². The SMILES string of the molecule is NCCCC(O)c1cncnc1. The Bertz CT molecular complexity index is 215. The second-order valence-electron chi connectivity index (χ2n) is 2.62. The van der Waals surface area contributed by atoms with Crippen LogP contribution in [-0.2, 0) is 0 Å². The van der Waals surface area contributed by atoms with Crippen molar-refractivity contribution in [2.24, 2.45) is 5.73 Å². The molecule has 0 saturated heterocycles. The van der Waals surface area contributed by atoms with Crippen LogP contribution in [0.2, 0.25) is 0 Å². The van der Waals surface area contributed by atoms with Crippen molar-refractivity contribution in [3.05, 3.63) is 24.3 Å². The van der Waals surface area contributed by atoms with E-state index in [2.05, 4.69) is 9.97 Å². The molecule has 0 bridgehead atoms. The third kappa shape index (κ3) is 2.56. The zero-order chi connectivity index (χ0) is 8.81. The zero-order valence-corrected chi connectivity index (χ0v) is 6.85. The molecule has 1 aromatic rings. The predicted molar refractivity (Wildman–Crippen MR) is 45.3 cm³/mol. The summed E-state index contributed by atoms with van der Waals surface area (Å²) in [7, 11) is 0. The van der Waals surface area contributed by atoms with E-state index >= 15 is 0 Å². The fourth-order valence-corrected chi connectivity index (χ4v) is 0.961. The van der Waals surface area contributed by atoms with E-state index in [0.717, 1.165) is 12.0 Å². The summed E-state index contributed by atoms with van der Waals surface area (Å²) in [6, 6.07) is 0. The van der Waals surface area contributed by atoms with Gasteiger partial charge in [0.15, 0.2) is 0 Å². The highest BCUT2D eigenvalue weighted by Gasteiger charge is 2.05. The molecular weight excluding hydrogens is 154 g/mol. The van der Waals surface area contributed by atoms with Crippen LogP contribution in [0.15, 0.2) is 18.7 Å². The molecule has 1 atom stereocenters. The average molecular weight is 167 g/mol. The Labute approximate surface area is 71.5 Å². The smallest absolute Gasteiger partial charge is 0.115 e. The van der Waals surface area contributed by atoms with E-state index in [9.17, 15) is 5.11 Å². The molecule has 1 heterocycles. The Morgan fingerprint density at radius 1 is 1.42 bits per heavy atom. The minimum absolute atomic E-state index is 0.477. The summed E-state index contributed by atoms with van der Waals surface area (Å²) < 4.78 is 0. The van der Waals surface area contributed by atoms with Crippen molar-refractivity contribution >= 4 is 0 Å². The molecule has 0 aliphatic carbocycles. The molecule has 0 aliphatic heterocycles. The summed E-state index contributed by atoms with van der Waals surface area (Å²) in [6.07, 6.45) is 5.69. The van der Waals surface area contributed by atoms with Crippen molar-refractivity contribution in [2.75, 3.05) is 6.54 Å². The lowest BCUT2D eigenvalue weighted by Gasteiger charge is -2.07. The first-order valence-corrected chi connectivity index (χ1v) is 3.97. The molecule has 0 spiro atoms. The molecule has 12 heavy (non-hydrogen) atoms. The average Bonchev–Trinajstić information content (AvgIpc) is 2.15. The van der Waals surface area contributed by atoms with Gasteiger partial charge in [0.25, 0.3) is 0 Å². The number of hydrogen-bond acceptors (Lipinski definition) is 4. The lowest BCUT2D eigenvalue weighted by Crippen LogP contribution is -2.04. The molecule has 1 rings (SSSR count). The van der Waals surface area contributed by atoms with Crippen LogP contribution in [0.4, 0.5) is 0 Å².